The van der Waals surface area contributed by atoms with E-state index in [-0.39, 0.29) is 24.2 Å². The number of benzene rings is 2. The zero-order chi connectivity index (χ0) is 21.8. The highest BCUT2D eigenvalue weighted by molar-refractivity contribution is 7.99. The summed E-state index contributed by atoms with van der Waals surface area (Å²) in [6, 6.07) is 15.0. The van der Waals surface area contributed by atoms with Crippen LogP contribution in [0.1, 0.15) is 12.8 Å². The van der Waals surface area contributed by atoms with Crippen molar-refractivity contribution in [3.8, 4) is 17.1 Å². The Morgan fingerprint density at radius 2 is 1.97 bits per heavy atom. The second kappa shape index (κ2) is 10.0. The molecular weight excluding hydrogens is 455 g/mol. The summed E-state index contributed by atoms with van der Waals surface area (Å²) in [4.78, 5) is 14.6. The van der Waals surface area contributed by atoms with Gasteiger partial charge in [-0.15, -0.1) is 10.2 Å². The summed E-state index contributed by atoms with van der Waals surface area (Å²) >= 11 is 13.8. The van der Waals surface area contributed by atoms with Crippen LogP contribution < -0.4 is 0 Å². The second-order valence-electron chi connectivity index (χ2n) is 7.42. The molecule has 0 spiro atoms. The van der Waals surface area contributed by atoms with Crippen LogP contribution >= 0.6 is 35.0 Å². The molecule has 1 amide bonds. The average molecular weight is 477 g/mol. The minimum absolute atomic E-state index is 0.0387. The molecule has 1 N–H and O–H groups in total. The van der Waals surface area contributed by atoms with Crippen LogP contribution in [0.25, 0.3) is 17.1 Å². The van der Waals surface area contributed by atoms with Gasteiger partial charge in [0.2, 0.25) is 5.91 Å². The van der Waals surface area contributed by atoms with Gasteiger partial charge in [0.05, 0.1) is 10.8 Å². The SMILES string of the molecule is O=C(CSc1nnc(-c2ccc(Cl)cc2Cl)n1-c1ccccc1)N1CCCC(CO)C1. The number of amides is 1. The summed E-state index contributed by atoms with van der Waals surface area (Å²) in [5, 5.41) is 19.8. The summed E-state index contributed by atoms with van der Waals surface area (Å²) in [5.74, 6) is 1.03. The molecule has 0 radical (unpaired) electrons. The summed E-state index contributed by atoms with van der Waals surface area (Å²) in [7, 11) is 0. The molecule has 2 heterocycles. The molecule has 1 fully saturated rings. The summed E-state index contributed by atoms with van der Waals surface area (Å²) < 4.78 is 1.90. The van der Waals surface area contributed by atoms with Gasteiger partial charge in [0.25, 0.3) is 0 Å². The Bertz CT molecular complexity index is 1060. The lowest BCUT2D eigenvalue weighted by Crippen LogP contribution is -2.41. The number of aliphatic hydroxyl groups excluding tert-OH is 1. The third-order valence-corrected chi connectivity index (χ3v) is 6.74. The van der Waals surface area contributed by atoms with Crippen molar-refractivity contribution >= 4 is 40.9 Å². The zero-order valence-electron chi connectivity index (χ0n) is 16.7. The molecule has 1 saturated heterocycles. The van der Waals surface area contributed by atoms with E-state index in [0.717, 1.165) is 25.1 Å². The van der Waals surface area contributed by atoms with Crippen LogP contribution in [0.2, 0.25) is 10.0 Å². The van der Waals surface area contributed by atoms with Crippen LogP contribution in [0.4, 0.5) is 0 Å². The smallest absolute Gasteiger partial charge is 0.233 e. The Labute approximate surface area is 195 Å². The first-order valence-corrected chi connectivity index (χ1v) is 11.8. The minimum atomic E-state index is 0.0387. The van der Waals surface area contributed by atoms with Crippen molar-refractivity contribution in [3.05, 3.63) is 58.6 Å². The van der Waals surface area contributed by atoms with E-state index in [4.69, 9.17) is 23.2 Å². The lowest BCUT2D eigenvalue weighted by atomic mass is 9.99. The van der Waals surface area contributed by atoms with Crippen molar-refractivity contribution in [3.63, 3.8) is 0 Å². The maximum absolute atomic E-state index is 12.8. The maximum atomic E-state index is 12.8. The molecule has 1 aromatic heterocycles. The second-order valence-corrected chi connectivity index (χ2v) is 9.21. The Balaban J connectivity index is 1.61. The van der Waals surface area contributed by atoms with Crippen LogP contribution in [0, 0.1) is 5.92 Å². The number of rotatable bonds is 6. The van der Waals surface area contributed by atoms with Gasteiger partial charge in [0.15, 0.2) is 11.0 Å². The number of hydrogen-bond donors (Lipinski definition) is 1. The highest BCUT2D eigenvalue weighted by Gasteiger charge is 2.24. The number of carbonyl (C=O) groups excluding carboxylic acids is 1. The number of hydrogen-bond acceptors (Lipinski definition) is 5. The molecular formula is C22H22Cl2N4O2S. The largest absolute Gasteiger partial charge is 0.396 e. The summed E-state index contributed by atoms with van der Waals surface area (Å²) in [5.41, 5.74) is 1.59. The Morgan fingerprint density at radius 1 is 1.16 bits per heavy atom. The number of aliphatic hydroxyl groups is 1. The highest BCUT2D eigenvalue weighted by atomic mass is 35.5. The fourth-order valence-corrected chi connectivity index (χ4v) is 5.02. The molecule has 1 atom stereocenters. The first-order valence-electron chi connectivity index (χ1n) is 10.0. The van der Waals surface area contributed by atoms with Gasteiger partial charge >= 0.3 is 0 Å². The van der Waals surface area contributed by atoms with Crippen molar-refractivity contribution in [2.75, 3.05) is 25.4 Å². The number of carbonyl (C=O) groups is 1. The standard InChI is InChI=1S/C22H22Cl2N4O2S/c23-16-8-9-18(19(24)11-16)21-25-26-22(28(21)17-6-2-1-3-7-17)31-14-20(30)27-10-4-5-15(12-27)13-29/h1-3,6-9,11,15,29H,4-5,10,12-14H2. The van der Waals surface area contributed by atoms with E-state index in [2.05, 4.69) is 10.2 Å². The number of para-hydroxylation sites is 1. The molecule has 3 aromatic rings. The third kappa shape index (κ3) is 5.06. The van der Waals surface area contributed by atoms with Crippen LogP contribution in [-0.2, 0) is 4.79 Å². The van der Waals surface area contributed by atoms with Crippen molar-refractivity contribution in [2.45, 2.75) is 18.0 Å². The molecule has 9 heteroatoms. The zero-order valence-corrected chi connectivity index (χ0v) is 19.1. The first-order chi connectivity index (χ1) is 15.1. The maximum Gasteiger partial charge on any atom is 0.233 e. The van der Waals surface area contributed by atoms with E-state index in [9.17, 15) is 9.90 Å². The van der Waals surface area contributed by atoms with E-state index < -0.39 is 0 Å². The minimum Gasteiger partial charge on any atom is -0.396 e. The number of thioether (sulfide) groups is 1. The van der Waals surface area contributed by atoms with Gasteiger partial charge < -0.3 is 10.0 Å². The molecule has 4 rings (SSSR count). The fourth-order valence-electron chi connectivity index (χ4n) is 3.68. The van der Waals surface area contributed by atoms with Crippen LogP contribution in [0.15, 0.2) is 53.7 Å². The molecule has 31 heavy (non-hydrogen) atoms. The molecule has 1 unspecified atom stereocenters. The number of halogens is 2. The van der Waals surface area contributed by atoms with Gasteiger partial charge in [-0.05, 0) is 49.1 Å². The Morgan fingerprint density at radius 3 is 2.71 bits per heavy atom. The molecule has 162 valence electrons. The first kappa shape index (κ1) is 22.1. The van der Waals surface area contributed by atoms with Crippen LogP contribution in [-0.4, -0.2) is 56.1 Å². The van der Waals surface area contributed by atoms with Gasteiger partial charge in [0.1, 0.15) is 0 Å². The van der Waals surface area contributed by atoms with Crippen LogP contribution in [0.5, 0.6) is 0 Å². The van der Waals surface area contributed by atoms with E-state index in [1.54, 1.807) is 12.1 Å². The average Bonchev–Trinajstić information content (AvgIpc) is 3.21. The lowest BCUT2D eigenvalue weighted by molar-refractivity contribution is -0.130. The predicted octanol–water partition coefficient (Wildman–Crippen LogP) is 4.56. The quantitative estimate of drug-likeness (QED) is 0.527. The highest BCUT2D eigenvalue weighted by Crippen LogP contribution is 2.33. The van der Waals surface area contributed by atoms with Gasteiger partial charge in [-0.2, -0.15) is 0 Å². The molecule has 0 bridgehead atoms. The molecule has 6 nitrogen and oxygen atoms in total. The van der Waals surface area contributed by atoms with Crippen molar-refractivity contribution in [1.82, 2.24) is 19.7 Å². The monoisotopic (exact) mass is 476 g/mol. The van der Waals surface area contributed by atoms with Crippen molar-refractivity contribution in [2.24, 2.45) is 5.92 Å². The Hall–Kier alpha value is -2.06. The molecule has 0 aliphatic carbocycles. The summed E-state index contributed by atoms with van der Waals surface area (Å²) in [6.45, 7) is 1.45. The topological polar surface area (TPSA) is 71.2 Å². The number of aromatic nitrogens is 3. The van der Waals surface area contributed by atoms with Crippen molar-refractivity contribution in [1.29, 1.82) is 0 Å². The van der Waals surface area contributed by atoms with Gasteiger partial charge in [0, 0.05) is 36.0 Å². The molecule has 1 aliphatic heterocycles. The molecule has 1 aliphatic rings. The predicted molar refractivity (Wildman–Crippen MR) is 124 cm³/mol. The van der Waals surface area contributed by atoms with Gasteiger partial charge in [-0.3, -0.25) is 9.36 Å². The number of nitrogens with zero attached hydrogens (tertiary/aromatic N) is 4. The van der Waals surface area contributed by atoms with E-state index in [0.29, 0.717) is 33.1 Å². The number of piperidine rings is 1. The molecule has 0 saturated carbocycles. The summed E-state index contributed by atoms with van der Waals surface area (Å²) in [6.07, 6.45) is 1.88. The lowest BCUT2D eigenvalue weighted by Gasteiger charge is -2.31. The van der Waals surface area contributed by atoms with Gasteiger partial charge in [-0.25, -0.2) is 0 Å². The number of likely N-dealkylation sites (tertiary alicyclic amines) is 1. The van der Waals surface area contributed by atoms with E-state index in [1.165, 1.54) is 11.8 Å². The normalized spacial score (nSPS) is 16.5. The third-order valence-electron chi connectivity index (χ3n) is 5.27. The van der Waals surface area contributed by atoms with Gasteiger partial charge in [-0.1, -0.05) is 53.2 Å². The van der Waals surface area contributed by atoms with E-state index >= 15 is 0 Å². The van der Waals surface area contributed by atoms with E-state index in [1.807, 2.05) is 45.9 Å². The van der Waals surface area contributed by atoms with Crippen molar-refractivity contribution < 1.29 is 9.90 Å². The van der Waals surface area contributed by atoms with Crippen LogP contribution in [0.3, 0.4) is 0 Å². The molecule has 2 aromatic carbocycles. The Kier molecular flexibility index (Phi) is 7.17. The fraction of sp³-hybridized carbons (Fsp3) is 0.318.